The molecule has 2 saturated heterocycles. The SMILES string of the molecule is CC(C)N1CCC[C@H]1c1ccc(N2CCOCC2)nc1. The van der Waals surface area contributed by atoms with Gasteiger partial charge in [-0.2, -0.15) is 0 Å². The highest BCUT2D eigenvalue weighted by Crippen LogP contribution is 2.33. The molecule has 110 valence electrons. The number of anilines is 1. The molecule has 3 heterocycles. The van der Waals surface area contributed by atoms with E-state index >= 15 is 0 Å². The van der Waals surface area contributed by atoms with Crippen molar-refractivity contribution < 1.29 is 4.74 Å². The van der Waals surface area contributed by atoms with Gasteiger partial charge in [0, 0.05) is 31.4 Å². The second-order valence-electron chi connectivity index (χ2n) is 6.04. The van der Waals surface area contributed by atoms with Gasteiger partial charge in [0.1, 0.15) is 5.82 Å². The Morgan fingerprint density at radius 2 is 2.00 bits per heavy atom. The van der Waals surface area contributed by atoms with Crippen LogP contribution >= 0.6 is 0 Å². The summed E-state index contributed by atoms with van der Waals surface area (Å²) in [6, 6.07) is 5.61. The van der Waals surface area contributed by atoms with Gasteiger partial charge < -0.3 is 9.64 Å². The largest absolute Gasteiger partial charge is 0.378 e. The summed E-state index contributed by atoms with van der Waals surface area (Å²) in [4.78, 5) is 9.58. The molecule has 1 aromatic heterocycles. The van der Waals surface area contributed by atoms with Crippen LogP contribution in [-0.2, 0) is 4.74 Å². The highest BCUT2D eigenvalue weighted by atomic mass is 16.5. The number of morpholine rings is 1. The molecule has 0 radical (unpaired) electrons. The first-order valence-electron chi connectivity index (χ1n) is 7.80. The maximum Gasteiger partial charge on any atom is 0.128 e. The van der Waals surface area contributed by atoms with Crippen molar-refractivity contribution in [1.29, 1.82) is 0 Å². The van der Waals surface area contributed by atoms with E-state index in [0.717, 1.165) is 32.1 Å². The maximum atomic E-state index is 5.39. The van der Waals surface area contributed by atoms with E-state index in [1.54, 1.807) is 0 Å². The van der Waals surface area contributed by atoms with Gasteiger partial charge in [0.2, 0.25) is 0 Å². The van der Waals surface area contributed by atoms with Gasteiger partial charge in [-0.25, -0.2) is 4.98 Å². The normalized spacial score (nSPS) is 24.6. The van der Waals surface area contributed by atoms with Gasteiger partial charge in [-0.1, -0.05) is 6.07 Å². The third-order valence-electron chi connectivity index (χ3n) is 4.45. The quantitative estimate of drug-likeness (QED) is 0.847. The lowest BCUT2D eigenvalue weighted by molar-refractivity contribution is 0.122. The fourth-order valence-corrected chi connectivity index (χ4v) is 3.34. The van der Waals surface area contributed by atoms with Crippen LogP contribution < -0.4 is 4.90 Å². The summed E-state index contributed by atoms with van der Waals surface area (Å²) in [6.07, 6.45) is 4.64. The summed E-state index contributed by atoms with van der Waals surface area (Å²) in [5, 5.41) is 0. The molecule has 0 N–H and O–H groups in total. The summed E-state index contributed by atoms with van der Waals surface area (Å²) in [5.41, 5.74) is 1.37. The Bertz CT molecular complexity index is 426. The Balaban J connectivity index is 1.72. The molecule has 1 aromatic rings. The van der Waals surface area contributed by atoms with Gasteiger partial charge in [0.05, 0.1) is 13.2 Å². The molecule has 0 amide bonds. The molecule has 4 nitrogen and oxygen atoms in total. The lowest BCUT2D eigenvalue weighted by Crippen LogP contribution is -2.36. The van der Waals surface area contributed by atoms with Crippen LogP contribution in [0, 0.1) is 0 Å². The van der Waals surface area contributed by atoms with E-state index in [1.807, 2.05) is 0 Å². The monoisotopic (exact) mass is 275 g/mol. The van der Waals surface area contributed by atoms with Crippen LogP contribution in [0.15, 0.2) is 18.3 Å². The number of nitrogens with zero attached hydrogens (tertiary/aromatic N) is 3. The van der Waals surface area contributed by atoms with Crippen molar-refractivity contribution in [2.45, 2.75) is 38.8 Å². The van der Waals surface area contributed by atoms with Crippen molar-refractivity contribution in [3.63, 3.8) is 0 Å². The highest BCUT2D eigenvalue weighted by molar-refractivity contribution is 5.40. The van der Waals surface area contributed by atoms with Crippen LogP contribution in [0.2, 0.25) is 0 Å². The number of likely N-dealkylation sites (tertiary alicyclic amines) is 1. The van der Waals surface area contributed by atoms with Crippen LogP contribution in [0.5, 0.6) is 0 Å². The number of hydrogen-bond acceptors (Lipinski definition) is 4. The Kier molecular flexibility index (Phi) is 4.22. The van der Waals surface area contributed by atoms with E-state index in [2.05, 4.69) is 47.0 Å². The second kappa shape index (κ2) is 6.10. The summed E-state index contributed by atoms with van der Waals surface area (Å²) < 4.78 is 5.39. The topological polar surface area (TPSA) is 28.6 Å². The van der Waals surface area contributed by atoms with E-state index < -0.39 is 0 Å². The average Bonchev–Trinajstić information content (AvgIpc) is 2.98. The number of pyridine rings is 1. The summed E-state index contributed by atoms with van der Waals surface area (Å²) >= 11 is 0. The van der Waals surface area contributed by atoms with Crippen molar-refractivity contribution in [2.75, 3.05) is 37.7 Å². The molecule has 1 atom stereocenters. The molecule has 0 spiro atoms. The van der Waals surface area contributed by atoms with Crippen LogP contribution in [0.25, 0.3) is 0 Å². The molecular weight excluding hydrogens is 250 g/mol. The van der Waals surface area contributed by atoms with Gasteiger partial charge in [0.25, 0.3) is 0 Å². The van der Waals surface area contributed by atoms with Crippen LogP contribution in [0.4, 0.5) is 5.82 Å². The molecular formula is C16H25N3O. The third-order valence-corrected chi connectivity index (χ3v) is 4.45. The number of ether oxygens (including phenoxy) is 1. The molecule has 2 fully saturated rings. The fraction of sp³-hybridized carbons (Fsp3) is 0.688. The summed E-state index contributed by atoms with van der Waals surface area (Å²) in [5.74, 6) is 1.09. The van der Waals surface area contributed by atoms with E-state index in [4.69, 9.17) is 4.74 Å². The van der Waals surface area contributed by atoms with Crippen LogP contribution in [0.3, 0.4) is 0 Å². The lowest BCUT2D eigenvalue weighted by atomic mass is 10.1. The molecule has 0 bridgehead atoms. The molecule has 0 saturated carbocycles. The molecule has 3 rings (SSSR count). The van der Waals surface area contributed by atoms with Crippen molar-refractivity contribution in [3.8, 4) is 0 Å². The summed E-state index contributed by atoms with van der Waals surface area (Å²) in [7, 11) is 0. The van der Waals surface area contributed by atoms with Gasteiger partial charge in [0.15, 0.2) is 0 Å². The molecule has 20 heavy (non-hydrogen) atoms. The van der Waals surface area contributed by atoms with E-state index in [1.165, 1.54) is 24.9 Å². The Morgan fingerprint density at radius 3 is 2.65 bits per heavy atom. The standard InChI is InChI=1S/C16H25N3O/c1-13(2)19-7-3-4-15(19)14-5-6-16(17-12-14)18-8-10-20-11-9-18/h5-6,12-13,15H,3-4,7-11H2,1-2H3/t15-/m0/s1. The van der Waals surface area contributed by atoms with Gasteiger partial charge in [-0.3, -0.25) is 4.90 Å². The Labute approximate surface area is 121 Å². The molecule has 2 aliphatic rings. The first-order valence-corrected chi connectivity index (χ1v) is 7.80. The van der Waals surface area contributed by atoms with Gasteiger partial charge in [-0.05, 0) is 44.9 Å². The number of hydrogen-bond donors (Lipinski definition) is 0. The smallest absolute Gasteiger partial charge is 0.128 e. The molecule has 0 aliphatic carbocycles. The van der Waals surface area contributed by atoms with Crippen molar-refractivity contribution in [2.24, 2.45) is 0 Å². The average molecular weight is 275 g/mol. The molecule has 0 aromatic carbocycles. The molecule has 2 aliphatic heterocycles. The molecule has 0 unspecified atom stereocenters. The van der Waals surface area contributed by atoms with E-state index in [0.29, 0.717) is 12.1 Å². The van der Waals surface area contributed by atoms with E-state index in [9.17, 15) is 0 Å². The minimum atomic E-state index is 0.557. The van der Waals surface area contributed by atoms with Crippen molar-refractivity contribution in [3.05, 3.63) is 23.9 Å². The first kappa shape index (κ1) is 13.8. The highest BCUT2D eigenvalue weighted by Gasteiger charge is 2.28. The first-order chi connectivity index (χ1) is 9.75. The Morgan fingerprint density at radius 1 is 1.20 bits per heavy atom. The third kappa shape index (κ3) is 2.81. The minimum absolute atomic E-state index is 0.557. The number of rotatable bonds is 3. The zero-order valence-corrected chi connectivity index (χ0v) is 12.6. The second-order valence-corrected chi connectivity index (χ2v) is 6.04. The molecule has 4 heteroatoms. The van der Waals surface area contributed by atoms with Crippen LogP contribution in [-0.4, -0.2) is 48.8 Å². The predicted molar refractivity (Wildman–Crippen MR) is 81.1 cm³/mol. The zero-order chi connectivity index (χ0) is 13.9. The van der Waals surface area contributed by atoms with Gasteiger partial charge >= 0.3 is 0 Å². The van der Waals surface area contributed by atoms with Crippen molar-refractivity contribution >= 4 is 5.82 Å². The predicted octanol–water partition coefficient (Wildman–Crippen LogP) is 2.46. The number of aromatic nitrogens is 1. The zero-order valence-electron chi connectivity index (χ0n) is 12.6. The fourth-order valence-electron chi connectivity index (χ4n) is 3.34. The summed E-state index contributed by atoms with van der Waals surface area (Å²) in [6.45, 7) is 9.32. The van der Waals surface area contributed by atoms with Crippen molar-refractivity contribution in [1.82, 2.24) is 9.88 Å². The van der Waals surface area contributed by atoms with Gasteiger partial charge in [-0.15, -0.1) is 0 Å². The van der Waals surface area contributed by atoms with Crippen LogP contribution in [0.1, 0.15) is 38.3 Å². The Hall–Kier alpha value is -1.13. The van der Waals surface area contributed by atoms with E-state index in [-0.39, 0.29) is 0 Å². The lowest BCUT2D eigenvalue weighted by Gasteiger charge is -2.30. The minimum Gasteiger partial charge on any atom is -0.378 e. The maximum absolute atomic E-state index is 5.39.